The molecule has 0 saturated carbocycles. The summed E-state index contributed by atoms with van der Waals surface area (Å²) in [7, 11) is 0. The quantitative estimate of drug-likeness (QED) is 0.686. The lowest BCUT2D eigenvalue weighted by Gasteiger charge is -2.17. The number of rotatable bonds is 3. The maximum absolute atomic E-state index is 13.3. The highest BCUT2D eigenvalue weighted by Crippen LogP contribution is 2.36. The van der Waals surface area contributed by atoms with E-state index in [0.717, 1.165) is 30.9 Å². The van der Waals surface area contributed by atoms with E-state index >= 15 is 0 Å². The van der Waals surface area contributed by atoms with Crippen LogP contribution in [0.3, 0.4) is 0 Å². The Morgan fingerprint density at radius 1 is 1.44 bits per heavy atom. The first-order chi connectivity index (χ1) is 12.9. The molecular weight excluding hydrogens is 367 g/mol. The maximum Gasteiger partial charge on any atom is 0.338 e. The number of benzene rings is 1. The number of esters is 1. The van der Waals surface area contributed by atoms with Crippen LogP contribution in [0.2, 0.25) is 0 Å². The van der Waals surface area contributed by atoms with Gasteiger partial charge in [0.25, 0.3) is 5.56 Å². The zero-order valence-corrected chi connectivity index (χ0v) is 15.9. The molecule has 1 N–H and O–H groups in total. The van der Waals surface area contributed by atoms with Gasteiger partial charge in [0.15, 0.2) is 11.9 Å². The summed E-state index contributed by atoms with van der Waals surface area (Å²) in [6, 6.07) is 5.29. The van der Waals surface area contributed by atoms with Crippen LogP contribution in [0.25, 0.3) is 10.2 Å². The zero-order chi connectivity index (χ0) is 19.1. The number of ether oxygens (including phenoxy) is 1. The molecular formula is C20H19FN2O3S. The standard InChI is InChI=1S/C20H19FN2O3S/c1-10-6-7-14-15(8-10)27-19-16(14)18(24)22-17(23-19)11(2)26-20(25)12-4-3-5-13(21)9-12/h3-5,9-11H,6-8H2,1-2H3,(H,22,23,24)/t10-,11-/m0/s1. The number of aromatic nitrogens is 2. The minimum atomic E-state index is -0.754. The van der Waals surface area contributed by atoms with Crippen molar-refractivity contribution in [3.05, 3.63) is 62.3 Å². The van der Waals surface area contributed by atoms with Crippen molar-refractivity contribution in [3.8, 4) is 0 Å². The molecule has 1 aromatic carbocycles. The van der Waals surface area contributed by atoms with E-state index < -0.39 is 17.9 Å². The molecule has 0 amide bonds. The molecule has 4 rings (SSSR count). The van der Waals surface area contributed by atoms with E-state index in [0.29, 0.717) is 22.0 Å². The lowest BCUT2D eigenvalue weighted by Crippen LogP contribution is -2.18. The fraction of sp³-hybridized carbons (Fsp3) is 0.350. The van der Waals surface area contributed by atoms with Crippen molar-refractivity contribution in [1.82, 2.24) is 9.97 Å². The van der Waals surface area contributed by atoms with Crippen molar-refractivity contribution in [3.63, 3.8) is 0 Å². The van der Waals surface area contributed by atoms with Crippen molar-refractivity contribution < 1.29 is 13.9 Å². The second kappa shape index (κ2) is 6.88. The Bertz CT molecular complexity index is 1090. The Morgan fingerprint density at radius 2 is 2.26 bits per heavy atom. The number of carbonyl (C=O) groups is 1. The first kappa shape index (κ1) is 17.9. The van der Waals surface area contributed by atoms with Gasteiger partial charge in [-0.25, -0.2) is 14.2 Å². The highest BCUT2D eigenvalue weighted by Gasteiger charge is 2.24. The van der Waals surface area contributed by atoms with Crippen LogP contribution in [0.5, 0.6) is 0 Å². The molecule has 3 aromatic rings. The number of nitrogens with one attached hydrogen (secondary N) is 1. The molecule has 140 valence electrons. The molecule has 1 aliphatic carbocycles. The second-order valence-electron chi connectivity index (χ2n) is 7.04. The molecule has 0 bridgehead atoms. The van der Waals surface area contributed by atoms with E-state index in [2.05, 4.69) is 16.9 Å². The molecule has 0 unspecified atom stereocenters. The van der Waals surface area contributed by atoms with Gasteiger partial charge in [-0.05, 0) is 55.9 Å². The van der Waals surface area contributed by atoms with E-state index in [1.807, 2.05) is 0 Å². The topological polar surface area (TPSA) is 72.0 Å². The Morgan fingerprint density at radius 3 is 3.04 bits per heavy atom. The summed E-state index contributed by atoms with van der Waals surface area (Å²) >= 11 is 1.55. The SMILES string of the molecule is C[C@H]1CCc2c(sc3nc([C@H](C)OC(=O)c4cccc(F)c4)[nH]c(=O)c23)C1. The molecule has 0 saturated heterocycles. The van der Waals surface area contributed by atoms with Crippen LogP contribution in [0.15, 0.2) is 29.1 Å². The number of H-pyrrole nitrogens is 1. The summed E-state index contributed by atoms with van der Waals surface area (Å²) in [5.41, 5.74) is 1.03. The summed E-state index contributed by atoms with van der Waals surface area (Å²) in [6.45, 7) is 3.85. The number of aromatic amines is 1. The van der Waals surface area contributed by atoms with Crippen LogP contribution < -0.4 is 5.56 Å². The van der Waals surface area contributed by atoms with E-state index in [4.69, 9.17) is 4.74 Å². The van der Waals surface area contributed by atoms with Crippen molar-refractivity contribution in [2.75, 3.05) is 0 Å². The fourth-order valence-electron chi connectivity index (χ4n) is 3.46. The van der Waals surface area contributed by atoms with Crippen LogP contribution in [0.4, 0.5) is 4.39 Å². The Labute approximate surface area is 159 Å². The fourth-order valence-corrected chi connectivity index (χ4v) is 4.85. The third-order valence-electron chi connectivity index (χ3n) is 4.91. The molecule has 27 heavy (non-hydrogen) atoms. The van der Waals surface area contributed by atoms with Gasteiger partial charge in [0.2, 0.25) is 0 Å². The molecule has 2 aromatic heterocycles. The summed E-state index contributed by atoms with van der Waals surface area (Å²) in [5.74, 6) is -0.272. The predicted molar refractivity (Wildman–Crippen MR) is 102 cm³/mol. The van der Waals surface area contributed by atoms with Gasteiger partial charge >= 0.3 is 5.97 Å². The Balaban J connectivity index is 1.64. The van der Waals surface area contributed by atoms with E-state index in [1.165, 1.54) is 23.1 Å². The van der Waals surface area contributed by atoms with Crippen molar-refractivity contribution >= 4 is 27.5 Å². The Kier molecular flexibility index (Phi) is 4.55. The third-order valence-corrected chi connectivity index (χ3v) is 6.06. The van der Waals surface area contributed by atoms with Crippen molar-refractivity contribution in [2.45, 2.75) is 39.2 Å². The maximum atomic E-state index is 13.3. The summed E-state index contributed by atoms with van der Waals surface area (Å²) < 4.78 is 18.7. The number of hydrogen-bond acceptors (Lipinski definition) is 5. The first-order valence-corrected chi connectivity index (χ1v) is 9.75. The number of halogens is 1. The summed E-state index contributed by atoms with van der Waals surface area (Å²) in [4.78, 5) is 34.1. The lowest BCUT2D eigenvalue weighted by atomic mass is 9.89. The average molecular weight is 386 g/mol. The van der Waals surface area contributed by atoms with E-state index in [-0.39, 0.29) is 11.1 Å². The molecule has 0 fully saturated rings. The van der Waals surface area contributed by atoms with Crippen LogP contribution >= 0.6 is 11.3 Å². The van der Waals surface area contributed by atoms with Gasteiger partial charge in [-0.1, -0.05) is 13.0 Å². The van der Waals surface area contributed by atoms with Crippen LogP contribution in [-0.2, 0) is 17.6 Å². The monoisotopic (exact) mass is 386 g/mol. The van der Waals surface area contributed by atoms with Crippen molar-refractivity contribution in [2.24, 2.45) is 5.92 Å². The van der Waals surface area contributed by atoms with Gasteiger partial charge in [0.1, 0.15) is 10.6 Å². The van der Waals surface area contributed by atoms with Gasteiger partial charge in [0, 0.05) is 4.88 Å². The zero-order valence-electron chi connectivity index (χ0n) is 15.0. The molecule has 5 nitrogen and oxygen atoms in total. The minimum absolute atomic E-state index is 0.117. The number of carbonyl (C=O) groups excluding carboxylic acids is 1. The van der Waals surface area contributed by atoms with Crippen LogP contribution in [-0.4, -0.2) is 15.9 Å². The van der Waals surface area contributed by atoms with Crippen molar-refractivity contribution in [1.29, 1.82) is 0 Å². The highest BCUT2D eigenvalue weighted by atomic mass is 32.1. The van der Waals surface area contributed by atoms with Gasteiger partial charge in [-0.2, -0.15) is 0 Å². The largest absolute Gasteiger partial charge is 0.451 e. The average Bonchev–Trinajstić information content (AvgIpc) is 2.99. The molecule has 0 radical (unpaired) electrons. The lowest BCUT2D eigenvalue weighted by molar-refractivity contribution is 0.0319. The third kappa shape index (κ3) is 3.39. The highest BCUT2D eigenvalue weighted by molar-refractivity contribution is 7.18. The minimum Gasteiger partial charge on any atom is -0.451 e. The molecule has 1 aliphatic rings. The van der Waals surface area contributed by atoms with Gasteiger partial charge in [0.05, 0.1) is 10.9 Å². The molecule has 0 aliphatic heterocycles. The van der Waals surface area contributed by atoms with Crippen LogP contribution in [0.1, 0.15) is 53.0 Å². The van der Waals surface area contributed by atoms with Gasteiger partial charge in [-0.3, -0.25) is 4.79 Å². The van der Waals surface area contributed by atoms with Crippen LogP contribution in [0, 0.1) is 11.7 Å². The number of aryl methyl sites for hydroxylation is 1. The normalized spacial score (nSPS) is 17.5. The number of nitrogens with zero attached hydrogens (tertiary/aromatic N) is 1. The smallest absolute Gasteiger partial charge is 0.338 e. The predicted octanol–water partition coefficient (Wildman–Crippen LogP) is 4.17. The number of thiophene rings is 1. The molecule has 7 heteroatoms. The Hall–Kier alpha value is -2.54. The second-order valence-corrected chi connectivity index (χ2v) is 8.12. The van der Waals surface area contributed by atoms with E-state index in [9.17, 15) is 14.0 Å². The van der Waals surface area contributed by atoms with Gasteiger partial charge in [-0.15, -0.1) is 11.3 Å². The summed E-state index contributed by atoms with van der Waals surface area (Å²) in [5, 5.41) is 0.661. The number of hydrogen-bond donors (Lipinski definition) is 1. The molecule has 2 atom stereocenters. The first-order valence-electron chi connectivity index (χ1n) is 8.93. The number of fused-ring (bicyclic) bond motifs is 3. The summed E-state index contributed by atoms with van der Waals surface area (Å²) in [6.07, 6.45) is 2.18. The van der Waals surface area contributed by atoms with Gasteiger partial charge < -0.3 is 9.72 Å². The van der Waals surface area contributed by atoms with E-state index in [1.54, 1.807) is 18.3 Å². The molecule has 2 heterocycles. The molecule has 0 spiro atoms.